The second-order valence-electron chi connectivity index (χ2n) is 4.55. The van der Waals surface area contributed by atoms with Crippen LogP contribution in [0.4, 0.5) is 0 Å². The second kappa shape index (κ2) is 8.90. The molecule has 0 aliphatic heterocycles. The molecule has 0 aliphatic rings. The quantitative estimate of drug-likeness (QED) is 0.396. The normalized spacial score (nSPS) is 11.8. The highest BCUT2D eigenvalue weighted by molar-refractivity contribution is 9.13. The minimum absolute atomic E-state index is 0.237. The summed E-state index contributed by atoms with van der Waals surface area (Å²) in [7, 11) is 1.29. The molecule has 0 atom stereocenters. The molecular formula is C16H16Br2O4. The zero-order chi connectivity index (χ0) is 16.7. The Morgan fingerprint density at radius 3 is 2.41 bits per heavy atom. The fourth-order valence-corrected chi connectivity index (χ4v) is 2.14. The molecule has 1 aromatic carbocycles. The Bertz CT molecular complexity index is 619. The number of hydrogen-bond donors (Lipinski definition) is 0. The standard InChI is InChI=1S/C16H16Br2O4/c1-10(2)22-16(20)12(5-4-6-15(19)21-3)11-7-8-13(17)14(18)9-11/h4-10H,1-3H3/b6-4+,12-5+. The molecule has 0 saturated carbocycles. The number of allylic oxidation sites excluding steroid dienone is 2. The number of benzene rings is 1. The number of carbonyl (C=O) groups excluding carboxylic acids is 2. The molecule has 0 spiro atoms. The van der Waals surface area contributed by atoms with E-state index in [9.17, 15) is 9.59 Å². The van der Waals surface area contributed by atoms with Gasteiger partial charge in [0.25, 0.3) is 0 Å². The molecule has 1 rings (SSSR count). The van der Waals surface area contributed by atoms with Crippen LogP contribution < -0.4 is 0 Å². The summed E-state index contributed by atoms with van der Waals surface area (Å²) in [5.41, 5.74) is 1.03. The van der Waals surface area contributed by atoms with E-state index in [2.05, 4.69) is 36.6 Å². The first-order valence-electron chi connectivity index (χ1n) is 6.48. The zero-order valence-corrected chi connectivity index (χ0v) is 15.6. The van der Waals surface area contributed by atoms with Gasteiger partial charge < -0.3 is 9.47 Å². The summed E-state index contributed by atoms with van der Waals surface area (Å²) in [4.78, 5) is 23.3. The molecule has 0 saturated heterocycles. The van der Waals surface area contributed by atoms with E-state index in [1.165, 1.54) is 25.3 Å². The van der Waals surface area contributed by atoms with E-state index < -0.39 is 11.9 Å². The van der Waals surface area contributed by atoms with Gasteiger partial charge >= 0.3 is 11.9 Å². The largest absolute Gasteiger partial charge is 0.466 e. The van der Waals surface area contributed by atoms with Crippen LogP contribution in [0.1, 0.15) is 19.4 Å². The lowest BCUT2D eigenvalue weighted by Gasteiger charge is -2.11. The monoisotopic (exact) mass is 430 g/mol. The van der Waals surface area contributed by atoms with Crippen LogP contribution in [0.25, 0.3) is 5.57 Å². The van der Waals surface area contributed by atoms with Gasteiger partial charge in [-0.15, -0.1) is 0 Å². The summed E-state index contributed by atoms with van der Waals surface area (Å²) in [6.45, 7) is 3.55. The van der Waals surface area contributed by atoms with Gasteiger partial charge in [0.05, 0.1) is 18.8 Å². The Labute approximate surface area is 146 Å². The average molecular weight is 432 g/mol. The van der Waals surface area contributed by atoms with Crippen molar-refractivity contribution in [2.24, 2.45) is 0 Å². The van der Waals surface area contributed by atoms with E-state index in [4.69, 9.17) is 4.74 Å². The highest BCUT2D eigenvalue weighted by Gasteiger charge is 2.15. The van der Waals surface area contributed by atoms with E-state index in [-0.39, 0.29) is 6.10 Å². The van der Waals surface area contributed by atoms with Crippen molar-refractivity contribution in [3.05, 3.63) is 50.9 Å². The summed E-state index contributed by atoms with van der Waals surface area (Å²) in [5.74, 6) is -0.955. The molecule has 0 radical (unpaired) electrons. The maximum Gasteiger partial charge on any atom is 0.338 e. The third-order valence-electron chi connectivity index (χ3n) is 2.49. The topological polar surface area (TPSA) is 52.6 Å². The summed E-state index contributed by atoms with van der Waals surface area (Å²) < 4.78 is 11.4. The fourth-order valence-electron chi connectivity index (χ4n) is 1.51. The van der Waals surface area contributed by atoms with Crippen molar-refractivity contribution in [2.45, 2.75) is 20.0 Å². The molecule has 0 unspecified atom stereocenters. The Kier molecular flexibility index (Phi) is 7.55. The second-order valence-corrected chi connectivity index (χ2v) is 6.25. The van der Waals surface area contributed by atoms with Gasteiger partial charge in [0.15, 0.2) is 0 Å². The molecule has 0 aliphatic carbocycles. The first kappa shape index (κ1) is 18.6. The van der Waals surface area contributed by atoms with Crippen molar-refractivity contribution >= 4 is 49.4 Å². The van der Waals surface area contributed by atoms with E-state index in [0.717, 1.165) is 8.95 Å². The smallest absolute Gasteiger partial charge is 0.338 e. The summed E-state index contributed by atoms with van der Waals surface area (Å²) >= 11 is 6.78. The zero-order valence-electron chi connectivity index (χ0n) is 12.4. The van der Waals surface area contributed by atoms with Crippen molar-refractivity contribution in [1.82, 2.24) is 0 Å². The Hall–Kier alpha value is -1.40. The van der Waals surface area contributed by atoms with Crippen LogP contribution in [-0.4, -0.2) is 25.2 Å². The number of ether oxygens (including phenoxy) is 2. The minimum Gasteiger partial charge on any atom is -0.466 e. The predicted octanol–water partition coefficient (Wildman–Crippen LogP) is 4.28. The summed E-state index contributed by atoms with van der Waals surface area (Å²) in [5, 5.41) is 0. The van der Waals surface area contributed by atoms with E-state index in [0.29, 0.717) is 11.1 Å². The van der Waals surface area contributed by atoms with Gasteiger partial charge in [-0.1, -0.05) is 12.1 Å². The van der Waals surface area contributed by atoms with Crippen molar-refractivity contribution in [1.29, 1.82) is 0 Å². The van der Waals surface area contributed by atoms with Crippen LogP contribution >= 0.6 is 31.9 Å². The van der Waals surface area contributed by atoms with Gasteiger partial charge in [0.1, 0.15) is 0 Å². The van der Waals surface area contributed by atoms with Crippen LogP contribution in [0.2, 0.25) is 0 Å². The van der Waals surface area contributed by atoms with Gasteiger partial charge in [-0.3, -0.25) is 0 Å². The number of carbonyl (C=O) groups is 2. The molecule has 22 heavy (non-hydrogen) atoms. The van der Waals surface area contributed by atoms with Gasteiger partial charge in [-0.05, 0) is 69.5 Å². The Morgan fingerprint density at radius 1 is 1.18 bits per heavy atom. The van der Waals surface area contributed by atoms with Crippen LogP contribution in [0, 0.1) is 0 Å². The molecule has 0 N–H and O–H groups in total. The van der Waals surface area contributed by atoms with Crippen LogP contribution in [0.15, 0.2) is 45.4 Å². The van der Waals surface area contributed by atoms with Crippen molar-refractivity contribution in [3.8, 4) is 0 Å². The van der Waals surface area contributed by atoms with Gasteiger partial charge in [-0.2, -0.15) is 0 Å². The summed E-state index contributed by atoms with van der Waals surface area (Å²) in [6, 6.07) is 5.40. The summed E-state index contributed by atoms with van der Waals surface area (Å²) in [6.07, 6.45) is 3.98. The third-order valence-corrected chi connectivity index (χ3v) is 4.37. The fraction of sp³-hybridized carbons (Fsp3) is 0.250. The number of methoxy groups -OCH3 is 1. The molecular weight excluding hydrogens is 416 g/mol. The molecule has 6 heteroatoms. The molecule has 0 aromatic heterocycles. The number of esters is 2. The van der Waals surface area contributed by atoms with Gasteiger partial charge in [0, 0.05) is 15.0 Å². The van der Waals surface area contributed by atoms with Gasteiger partial charge in [-0.25, -0.2) is 9.59 Å². The average Bonchev–Trinajstić information content (AvgIpc) is 2.45. The third kappa shape index (κ3) is 5.77. The molecule has 1 aromatic rings. The lowest BCUT2D eigenvalue weighted by molar-refractivity contribution is -0.140. The van der Waals surface area contributed by atoms with E-state index >= 15 is 0 Å². The molecule has 0 amide bonds. The molecule has 0 fully saturated rings. The van der Waals surface area contributed by atoms with E-state index in [1.54, 1.807) is 26.0 Å². The SMILES string of the molecule is COC(=O)/C=C/C=C(/C(=O)OC(C)C)c1ccc(Br)c(Br)c1. The molecule has 118 valence electrons. The Morgan fingerprint density at radius 2 is 1.86 bits per heavy atom. The predicted molar refractivity (Wildman–Crippen MR) is 92.2 cm³/mol. The Balaban J connectivity index is 3.18. The van der Waals surface area contributed by atoms with Crippen LogP contribution in [0.3, 0.4) is 0 Å². The van der Waals surface area contributed by atoms with Crippen molar-refractivity contribution in [3.63, 3.8) is 0 Å². The molecule has 0 bridgehead atoms. The van der Waals surface area contributed by atoms with Gasteiger partial charge in [0.2, 0.25) is 0 Å². The lowest BCUT2D eigenvalue weighted by atomic mass is 10.1. The number of halogens is 2. The van der Waals surface area contributed by atoms with Crippen LogP contribution in [0.5, 0.6) is 0 Å². The van der Waals surface area contributed by atoms with E-state index in [1.807, 2.05) is 6.07 Å². The highest BCUT2D eigenvalue weighted by atomic mass is 79.9. The maximum atomic E-state index is 12.2. The number of rotatable bonds is 5. The van der Waals surface area contributed by atoms with Crippen molar-refractivity contribution < 1.29 is 19.1 Å². The molecule has 0 heterocycles. The highest BCUT2D eigenvalue weighted by Crippen LogP contribution is 2.27. The lowest BCUT2D eigenvalue weighted by Crippen LogP contribution is -2.13. The first-order chi connectivity index (χ1) is 10.3. The van der Waals surface area contributed by atoms with Crippen molar-refractivity contribution in [2.75, 3.05) is 7.11 Å². The molecule has 4 nitrogen and oxygen atoms in total. The first-order valence-corrected chi connectivity index (χ1v) is 8.06. The van der Waals surface area contributed by atoms with Crippen LogP contribution in [-0.2, 0) is 19.1 Å². The minimum atomic E-state index is -0.496. The number of hydrogen-bond acceptors (Lipinski definition) is 4. The maximum absolute atomic E-state index is 12.2.